The largest absolute Gasteiger partial charge is 0.464 e. The summed E-state index contributed by atoms with van der Waals surface area (Å²) in [6.07, 6.45) is 2.88. The first kappa shape index (κ1) is 14.0. The molecule has 0 atom stereocenters. The number of anilines is 2. The summed E-state index contributed by atoms with van der Waals surface area (Å²) in [5.41, 5.74) is 0.984. The first-order valence-electron chi connectivity index (χ1n) is 5.22. The Bertz CT molecular complexity index is 622. The minimum atomic E-state index is -0.526. The minimum absolute atomic E-state index is 0.150. The summed E-state index contributed by atoms with van der Waals surface area (Å²) in [7, 11) is 1.30. The van der Waals surface area contributed by atoms with Gasteiger partial charge in [-0.15, -0.1) is 0 Å². The fraction of sp³-hybridized carbons (Fsp3) is 0.0833. The van der Waals surface area contributed by atoms with Crippen molar-refractivity contribution in [1.82, 2.24) is 9.97 Å². The zero-order chi connectivity index (χ0) is 13.8. The van der Waals surface area contributed by atoms with Crippen LogP contribution in [0.2, 0.25) is 5.02 Å². The normalized spacial score (nSPS) is 10.1. The van der Waals surface area contributed by atoms with E-state index in [-0.39, 0.29) is 5.69 Å². The van der Waals surface area contributed by atoms with Crippen molar-refractivity contribution in [1.29, 1.82) is 0 Å². The lowest BCUT2D eigenvalue weighted by molar-refractivity contribution is 0.0593. The summed E-state index contributed by atoms with van der Waals surface area (Å²) in [5, 5.41) is 3.73. The van der Waals surface area contributed by atoms with Crippen molar-refractivity contribution in [3.05, 3.63) is 44.9 Å². The number of ether oxygens (including phenoxy) is 1. The highest BCUT2D eigenvalue weighted by Gasteiger charge is 2.09. The number of esters is 1. The second kappa shape index (κ2) is 6.16. The van der Waals surface area contributed by atoms with Gasteiger partial charge in [0, 0.05) is 8.59 Å². The molecule has 0 radical (unpaired) electrons. The second-order valence-corrected chi connectivity index (χ2v) is 5.13. The van der Waals surface area contributed by atoms with E-state index >= 15 is 0 Å². The highest BCUT2D eigenvalue weighted by Crippen LogP contribution is 2.24. The van der Waals surface area contributed by atoms with Gasteiger partial charge >= 0.3 is 5.97 Å². The Labute approximate surface area is 128 Å². The van der Waals surface area contributed by atoms with Crippen LogP contribution in [0.5, 0.6) is 0 Å². The third-order valence-corrected chi connectivity index (χ3v) is 3.35. The van der Waals surface area contributed by atoms with Crippen molar-refractivity contribution in [2.45, 2.75) is 0 Å². The fourth-order valence-corrected chi connectivity index (χ4v) is 2.36. The molecule has 1 heterocycles. The molecule has 0 saturated carbocycles. The lowest BCUT2D eigenvalue weighted by atomic mass is 10.3. The van der Waals surface area contributed by atoms with Gasteiger partial charge in [-0.1, -0.05) is 11.6 Å². The molecular weight excluding hydrogens is 381 g/mol. The monoisotopic (exact) mass is 389 g/mol. The molecule has 1 N–H and O–H groups in total. The molecule has 98 valence electrons. The van der Waals surface area contributed by atoms with Gasteiger partial charge in [0.25, 0.3) is 0 Å². The van der Waals surface area contributed by atoms with Crippen LogP contribution >= 0.6 is 34.2 Å². The molecule has 2 rings (SSSR count). The van der Waals surface area contributed by atoms with Crippen molar-refractivity contribution in [3.63, 3.8) is 0 Å². The Morgan fingerprint density at radius 1 is 1.42 bits per heavy atom. The maximum atomic E-state index is 11.4. The fourth-order valence-electron chi connectivity index (χ4n) is 1.36. The van der Waals surface area contributed by atoms with E-state index in [0.717, 1.165) is 9.26 Å². The zero-order valence-corrected chi connectivity index (χ0v) is 12.8. The van der Waals surface area contributed by atoms with Crippen molar-refractivity contribution in [3.8, 4) is 0 Å². The Morgan fingerprint density at radius 3 is 2.89 bits per heavy atom. The van der Waals surface area contributed by atoms with Gasteiger partial charge in [-0.3, -0.25) is 4.98 Å². The molecule has 0 unspecified atom stereocenters. The molecular formula is C12H9ClIN3O2. The Balaban J connectivity index is 2.26. The molecule has 19 heavy (non-hydrogen) atoms. The number of aromatic nitrogens is 2. The number of rotatable bonds is 3. The van der Waals surface area contributed by atoms with Gasteiger partial charge in [0.05, 0.1) is 25.2 Å². The van der Waals surface area contributed by atoms with Crippen LogP contribution in [0.4, 0.5) is 11.5 Å². The predicted molar refractivity (Wildman–Crippen MR) is 80.8 cm³/mol. The molecule has 0 aliphatic carbocycles. The van der Waals surface area contributed by atoms with Crippen molar-refractivity contribution in [2.75, 3.05) is 12.4 Å². The lowest BCUT2D eigenvalue weighted by Gasteiger charge is -2.08. The molecule has 1 aromatic heterocycles. The van der Waals surface area contributed by atoms with E-state index in [1.807, 2.05) is 12.1 Å². The molecule has 0 bridgehead atoms. The Kier molecular flexibility index (Phi) is 4.54. The maximum Gasteiger partial charge on any atom is 0.358 e. The van der Waals surface area contributed by atoms with Crippen LogP contribution in [-0.2, 0) is 4.74 Å². The number of hydrogen-bond acceptors (Lipinski definition) is 5. The highest BCUT2D eigenvalue weighted by atomic mass is 127. The number of hydrogen-bond donors (Lipinski definition) is 1. The number of carbonyl (C=O) groups excluding carboxylic acids is 1. The molecule has 0 aliphatic heterocycles. The lowest BCUT2D eigenvalue weighted by Crippen LogP contribution is -2.07. The van der Waals surface area contributed by atoms with Crippen LogP contribution in [0.15, 0.2) is 30.6 Å². The van der Waals surface area contributed by atoms with Gasteiger partial charge in [-0.05, 0) is 40.8 Å². The van der Waals surface area contributed by atoms with Crippen LogP contribution < -0.4 is 5.32 Å². The van der Waals surface area contributed by atoms with E-state index in [2.05, 4.69) is 42.6 Å². The van der Waals surface area contributed by atoms with Crippen LogP contribution in [0.1, 0.15) is 10.5 Å². The zero-order valence-electron chi connectivity index (χ0n) is 9.85. The highest BCUT2D eigenvalue weighted by molar-refractivity contribution is 14.1. The molecule has 0 saturated heterocycles. The van der Waals surface area contributed by atoms with E-state index in [4.69, 9.17) is 11.6 Å². The molecule has 0 fully saturated rings. The van der Waals surface area contributed by atoms with Gasteiger partial charge in [0.15, 0.2) is 5.69 Å². The van der Waals surface area contributed by atoms with Gasteiger partial charge in [-0.2, -0.15) is 0 Å². The van der Waals surface area contributed by atoms with Crippen LogP contribution in [-0.4, -0.2) is 23.0 Å². The van der Waals surface area contributed by atoms with E-state index in [0.29, 0.717) is 10.8 Å². The van der Waals surface area contributed by atoms with Gasteiger partial charge in [-0.25, -0.2) is 9.78 Å². The standard InChI is InChI=1S/C12H9ClIN3O2/c1-19-12(18)10-5-15-6-11(17-10)16-9-3-2-7(13)4-8(9)14/h2-6H,1H3,(H,16,17). The summed E-state index contributed by atoms with van der Waals surface area (Å²) in [6.45, 7) is 0. The van der Waals surface area contributed by atoms with E-state index in [1.54, 1.807) is 6.07 Å². The molecule has 0 spiro atoms. The number of nitrogens with one attached hydrogen (secondary N) is 1. The van der Waals surface area contributed by atoms with Crippen molar-refractivity contribution >= 4 is 51.7 Å². The van der Waals surface area contributed by atoms with Gasteiger partial charge in [0.2, 0.25) is 0 Å². The van der Waals surface area contributed by atoms with Crippen LogP contribution in [0.3, 0.4) is 0 Å². The quantitative estimate of drug-likeness (QED) is 0.645. The summed E-state index contributed by atoms with van der Waals surface area (Å²) >= 11 is 8.04. The number of benzene rings is 1. The summed E-state index contributed by atoms with van der Waals surface area (Å²) in [4.78, 5) is 19.4. The third kappa shape index (κ3) is 3.54. The Hall–Kier alpha value is -1.41. The minimum Gasteiger partial charge on any atom is -0.464 e. The van der Waals surface area contributed by atoms with Crippen molar-refractivity contribution in [2.24, 2.45) is 0 Å². The third-order valence-electron chi connectivity index (χ3n) is 2.22. The summed E-state index contributed by atoms with van der Waals surface area (Å²) in [5.74, 6) is -0.0647. The van der Waals surface area contributed by atoms with E-state index in [9.17, 15) is 4.79 Å². The molecule has 7 heteroatoms. The maximum absolute atomic E-state index is 11.4. The SMILES string of the molecule is COC(=O)c1cncc(Nc2ccc(Cl)cc2I)n1. The smallest absolute Gasteiger partial charge is 0.358 e. The van der Waals surface area contributed by atoms with Crippen LogP contribution in [0, 0.1) is 3.57 Å². The topological polar surface area (TPSA) is 64.1 Å². The van der Waals surface area contributed by atoms with Crippen LogP contribution in [0.25, 0.3) is 0 Å². The predicted octanol–water partition coefficient (Wildman–Crippen LogP) is 3.26. The molecule has 2 aromatic rings. The van der Waals surface area contributed by atoms with E-state index < -0.39 is 5.97 Å². The summed E-state index contributed by atoms with van der Waals surface area (Å²) in [6, 6.07) is 5.42. The summed E-state index contributed by atoms with van der Waals surface area (Å²) < 4.78 is 5.53. The molecule has 0 aliphatic rings. The number of nitrogens with zero attached hydrogens (tertiary/aromatic N) is 2. The number of carbonyl (C=O) groups is 1. The van der Waals surface area contributed by atoms with Gasteiger partial charge < -0.3 is 10.1 Å². The first-order chi connectivity index (χ1) is 9.10. The Morgan fingerprint density at radius 2 is 2.21 bits per heavy atom. The van der Waals surface area contributed by atoms with Crippen molar-refractivity contribution < 1.29 is 9.53 Å². The molecule has 1 aromatic carbocycles. The number of methoxy groups -OCH3 is 1. The first-order valence-corrected chi connectivity index (χ1v) is 6.68. The average molecular weight is 390 g/mol. The van der Waals surface area contributed by atoms with E-state index in [1.165, 1.54) is 19.5 Å². The van der Waals surface area contributed by atoms with Gasteiger partial charge in [0.1, 0.15) is 5.82 Å². The second-order valence-electron chi connectivity index (χ2n) is 3.53. The number of halogens is 2. The molecule has 0 amide bonds. The molecule has 5 nitrogen and oxygen atoms in total. The average Bonchev–Trinajstić information content (AvgIpc) is 2.41.